The van der Waals surface area contributed by atoms with Gasteiger partial charge in [0.2, 0.25) is 0 Å². The number of sulfone groups is 1. The third-order valence-corrected chi connectivity index (χ3v) is 7.25. The molecule has 0 atom stereocenters. The lowest BCUT2D eigenvalue weighted by molar-refractivity contribution is 0.00578. The van der Waals surface area contributed by atoms with Gasteiger partial charge < -0.3 is 9.31 Å². The van der Waals surface area contributed by atoms with Gasteiger partial charge in [-0.25, -0.2) is 12.8 Å². The lowest BCUT2D eigenvalue weighted by Crippen LogP contribution is -2.41. The lowest BCUT2D eigenvalue weighted by Gasteiger charge is -2.32. The maximum Gasteiger partial charge on any atom is 0.496 e. The van der Waals surface area contributed by atoms with Gasteiger partial charge in [-0.2, -0.15) is 0 Å². The molecule has 1 aromatic heterocycles. The highest BCUT2D eigenvalue weighted by atomic mass is 32.2. The summed E-state index contributed by atoms with van der Waals surface area (Å²) in [5.41, 5.74) is -0.608. The van der Waals surface area contributed by atoms with E-state index in [-0.39, 0.29) is 5.69 Å². The first-order chi connectivity index (χ1) is 10.4. The molecule has 3 rings (SSSR count). The molecule has 1 saturated carbocycles. The van der Waals surface area contributed by atoms with Gasteiger partial charge in [-0.05, 0) is 46.6 Å². The lowest BCUT2D eigenvalue weighted by atomic mass is 9.80. The summed E-state index contributed by atoms with van der Waals surface area (Å²) < 4.78 is 48.9. The molecular weight excluding hydrogens is 320 g/mol. The third kappa shape index (κ3) is 2.51. The summed E-state index contributed by atoms with van der Waals surface area (Å²) in [6.45, 7) is 7.64. The molecule has 0 unspecified atom stereocenters. The standard InChI is InChI=1S/C15H21BFNO4S/c1-13(2)14(3,4)22-16(21-13)10-8-11(17)12(18-9-10)15(6-7-15)23(5,19)20/h8-9H,6-7H2,1-5H3. The Morgan fingerprint density at radius 2 is 1.70 bits per heavy atom. The summed E-state index contributed by atoms with van der Waals surface area (Å²) in [7, 11) is -4.12. The summed E-state index contributed by atoms with van der Waals surface area (Å²) in [6, 6.07) is 1.27. The molecule has 2 heterocycles. The molecule has 0 bridgehead atoms. The molecule has 0 amide bonds. The van der Waals surface area contributed by atoms with Crippen LogP contribution in [0.5, 0.6) is 0 Å². The minimum Gasteiger partial charge on any atom is -0.399 e. The van der Waals surface area contributed by atoms with Crippen LogP contribution in [0.1, 0.15) is 46.2 Å². The molecule has 1 aromatic rings. The van der Waals surface area contributed by atoms with Gasteiger partial charge >= 0.3 is 7.12 Å². The SMILES string of the molecule is CC1(C)OB(c2cnc(C3(S(C)(=O)=O)CC3)c(F)c2)OC1(C)C. The quantitative estimate of drug-likeness (QED) is 0.781. The number of pyridine rings is 1. The van der Waals surface area contributed by atoms with E-state index in [0.717, 1.165) is 6.26 Å². The van der Waals surface area contributed by atoms with Crippen molar-refractivity contribution in [3.8, 4) is 0 Å². The number of rotatable bonds is 3. The highest BCUT2D eigenvalue weighted by Crippen LogP contribution is 2.52. The van der Waals surface area contributed by atoms with E-state index in [9.17, 15) is 12.8 Å². The molecular formula is C15H21BFNO4S. The number of hydrogen-bond donors (Lipinski definition) is 0. The van der Waals surface area contributed by atoms with Gasteiger partial charge in [0.05, 0.1) is 16.9 Å². The van der Waals surface area contributed by atoms with Gasteiger partial charge in [0.1, 0.15) is 10.6 Å². The predicted octanol–water partition coefficient (Wildman–Crippen LogP) is 1.55. The number of aromatic nitrogens is 1. The van der Waals surface area contributed by atoms with Gasteiger partial charge in [0.25, 0.3) is 0 Å². The second-order valence-electron chi connectivity index (χ2n) is 7.45. The van der Waals surface area contributed by atoms with Crippen LogP contribution in [0.3, 0.4) is 0 Å². The Balaban J connectivity index is 1.93. The first-order valence-electron chi connectivity index (χ1n) is 7.61. The summed E-state index contributed by atoms with van der Waals surface area (Å²) in [6.07, 6.45) is 3.40. The molecule has 8 heteroatoms. The van der Waals surface area contributed by atoms with Crippen molar-refractivity contribution in [3.63, 3.8) is 0 Å². The fraction of sp³-hybridized carbons (Fsp3) is 0.667. The van der Waals surface area contributed by atoms with Crippen molar-refractivity contribution in [1.82, 2.24) is 4.98 Å². The van der Waals surface area contributed by atoms with E-state index in [1.807, 2.05) is 27.7 Å². The summed E-state index contributed by atoms with van der Waals surface area (Å²) in [5.74, 6) is -0.625. The number of hydrogen-bond acceptors (Lipinski definition) is 5. The summed E-state index contributed by atoms with van der Waals surface area (Å²) in [5, 5.41) is 0. The zero-order chi connectivity index (χ0) is 17.3. The fourth-order valence-corrected chi connectivity index (χ4v) is 4.14. The molecule has 5 nitrogen and oxygen atoms in total. The van der Waals surface area contributed by atoms with E-state index in [1.54, 1.807) is 0 Å². The minimum absolute atomic E-state index is 0.000248. The van der Waals surface area contributed by atoms with Gasteiger partial charge in [0.15, 0.2) is 9.84 Å². The predicted molar refractivity (Wildman–Crippen MR) is 85.7 cm³/mol. The molecule has 126 valence electrons. The molecule has 1 saturated heterocycles. The van der Waals surface area contributed by atoms with Crippen molar-refractivity contribution in [1.29, 1.82) is 0 Å². The average molecular weight is 341 g/mol. The Labute approximate surface area is 136 Å². The van der Waals surface area contributed by atoms with Gasteiger partial charge in [0, 0.05) is 17.9 Å². The van der Waals surface area contributed by atoms with Crippen LogP contribution in [0.25, 0.3) is 0 Å². The zero-order valence-electron chi connectivity index (χ0n) is 14.0. The largest absolute Gasteiger partial charge is 0.496 e. The van der Waals surface area contributed by atoms with E-state index in [2.05, 4.69) is 4.98 Å². The van der Waals surface area contributed by atoms with Crippen molar-refractivity contribution < 1.29 is 22.1 Å². The van der Waals surface area contributed by atoms with E-state index >= 15 is 0 Å². The third-order valence-electron chi connectivity index (χ3n) is 5.23. The highest BCUT2D eigenvalue weighted by Gasteiger charge is 2.57. The van der Waals surface area contributed by atoms with Gasteiger partial charge in [-0.3, -0.25) is 4.98 Å². The van der Waals surface area contributed by atoms with Crippen LogP contribution in [0, 0.1) is 5.82 Å². The van der Waals surface area contributed by atoms with Gasteiger partial charge in [-0.15, -0.1) is 0 Å². The molecule has 0 N–H and O–H groups in total. The normalized spacial score (nSPS) is 24.7. The van der Waals surface area contributed by atoms with Crippen molar-refractivity contribution in [2.24, 2.45) is 0 Å². The molecule has 1 aliphatic carbocycles. The van der Waals surface area contributed by atoms with Crippen molar-refractivity contribution in [2.75, 3.05) is 6.26 Å². The van der Waals surface area contributed by atoms with Crippen molar-refractivity contribution >= 4 is 22.4 Å². The van der Waals surface area contributed by atoms with Crippen LogP contribution in [0.15, 0.2) is 12.3 Å². The molecule has 0 spiro atoms. The van der Waals surface area contributed by atoms with Crippen LogP contribution in [0.4, 0.5) is 4.39 Å². The molecule has 2 aliphatic rings. The zero-order valence-corrected chi connectivity index (χ0v) is 14.8. The Hall–Kier alpha value is -0.985. The Morgan fingerprint density at radius 3 is 2.09 bits per heavy atom. The maximum absolute atomic E-state index is 14.5. The van der Waals surface area contributed by atoms with Gasteiger partial charge in [-0.1, -0.05) is 0 Å². The van der Waals surface area contributed by atoms with E-state index in [0.29, 0.717) is 18.3 Å². The monoisotopic (exact) mass is 341 g/mol. The fourth-order valence-electron chi connectivity index (χ4n) is 2.79. The number of nitrogens with zero attached hydrogens (tertiary/aromatic N) is 1. The Bertz CT molecular complexity index is 743. The summed E-state index contributed by atoms with van der Waals surface area (Å²) in [4.78, 5) is 4.10. The summed E-state index contributed by atoms with van der Waals surface area (Å²) >= 11 is 0. The maximum atomic E-state index is 14.5. The van der Waals surface area contributed by atoms with Crippen LogP contribution in [-0.2, 0) is 23.9 Å². The Morgan fingerprint density at radius 1 is 1.17 bits per heavy atom. The minimum atomic E-state index is -3.40. The average Bonchev–Trinajstić information content (AvgIpc) is 3.14. The molecule has 0 radical (unpaired) electrons. The number of halogens is 1. The molecule has 23 heavy (non-hydrogen) atoms. The van der Waals surface area contributed by atoms with E-state index in [1.165, 1.54) is 12.3 Å². The second kappa shape index (κ2) is 4.77. The highest BCUT2D eigenvalue weighted by molar-refractivity contribution is 7.91. The molecule has 1 aliphatic heterocycles. The van der Waals surface area contributed by atoms with Crippen LogP contribution in [0.2, 0.25) is 0 Å². The smallest absolute Gasteiger partial charge is 0.399 e. The first kappa shape index (κ1) is 16.9. The topological polar surface area (TPSA) is 65.5 Å². The van der Waals surface area contributed by atoms with E-state index in [4.69, 9.17) is 9.31 Å². The molecule has 2 fully saturated rings. The molecule has 0 aromatic carbocycles. The van der Waals surface area contributed by atoms with Crippen LogP contribution in [-0.4, -0.2) is 38.0 Å². The first-order valence-corrected chi connectivity index (χ1v) is 9.50. The van der Waals surface area contributed by atoms with Crippen molar-refractivity contribution in [2.45, 2.75) is 56.5 Å². The van der Waals surface area contributed by atoms with Crippen molar-refractivity contribution in [3.05, 3.63) is 23.8 Å². The van der Waals surface area contributed by atoms with Crippen LogP contribution >= 0.6 is 0 Å². The second-order valence-corrected chi connectivity index (χ2v) is 9.78. The van der Waals surface area contributed by atoms with E-state index < -0.39 is 38.7 Å². The Kier molecular flexibility index (Phi) is 3.50. The van der Waals surface area contributed by atoms with Crippen LogP contribution < -0.4 is 5.46 Å².